The molecule has 1 aromatic heterocycles. The Balaban J connectivity index is 2.00. The lowest BCUT2D eigenvalue weighted by Gasteiger charge is -2.09. The third kappa shape index (κ3) is 2.94. The van der Waals surface area contributed by atoms with E-state index in [1.54, 1.807) is 42.5 Å². The highest BCUT2D eigenvalue weighted by Crippen LogP contribution is 2.24. The summed E-state index contributed by atoms with van der Waals surface area (Å²) in [5.74, 6) is 0.531. The van der Waals surface area contributed by atoms with Gasteiger partial charge in [-0.15, -0.1) is 0 Å². The topological polar surface area (TPSA) is 77.8 Å². The van der Waals surface area contributed by atoms with Crippen LogP contribution >= 0.6 is 0 Å². The Kier molecular flexibility index (Phi) is 4.20. The minimum absolute atomic E-state index is 0.0957. The number of anilines is 1. The average Bonchev–Trinajstić information content (AvgIpc) is 2.61. The van der Waals surface area contributed by atoms with Crippen LogP contribution in [0.4, 0.5) is 5.69 Å². The third-order valence-electron chi connectivity index (χ3n) is 3.54. The molecule has 0 saturated heterocycles. The van der Waals surface area contributed by atoms with Crippen LogP contribution in [-0.2, 0) is 0 Å². The standard InChI is InChI=1S/C18H15NO5/c1-22-12-7-8-15-11(9-12)10-13(18(21)24-15)17(20)19-14-5-3-4-6-16(14)23-2/h3-10H,1-2H3,(H,19,20). The van der Waals surface area contributed by atoms with Crippen LogP contribution in [0.1, 0.15) is 10.4 Å². The number of amides is 1. The van der Waals surface area contributed by atoms with Crippen LogP contribution in [0.2, 0.25) is 0 Å². The Morgan fingerprint density at radius 3 is 2.58 bits per heavy atom. The van der Waals surface area contributed by atoms with Gasteiger partial charge in [0.2, 0.25) is 0 Å². The molecule has 122 valence electrons. The molecule has 24 heavy (non-hydrogen) atoms. The molecule has 6 heteroatoms. The molecule has 2 aromatic carbocycles. The molecule has 3 aromatic rings. The number of methoxy groups -OCH3 is 2. The van der Waals surface area contributed by atoms with Gasteiger partial charge in [0.05, 0.1) is 19.9 Å². The molecule has 0 fully saturated rings. The molecular weight excluding hydrogens is 310 g/mol. The maximum Gasteiger partial charge on any atom is 0.349 e. The largest absolute Gasteiger partial charge is 0.497 e. The van der Waals surface area contributed by atoms with Crippen molar-refractivity contribution in [3.05, 3.63) is 64.5 Å². The van der Waals surface area contributed by atoms with Crippen molar-refractivity contribution in [2.45, 2.75) is 0 Å². The van der Waals surface area contributed by atoms with E-state index in [4.69, 9.17) is 13.9 Å². The first-order valence-electron chi connectivity index (χ1n) is 7.18. The summed E-state index contributed by atoms with van der Waals surface area (Å²) in [7, 11) is 3.04. The first-order valence-corrected chi connectivity index (χ1v) is 7.18. The van der Waals surface area contributed by atoms with Crippen molar-refractivity contribution >= 4 is 22.6 Å². The molecule has 1 amide bonds. The van der Waals surface area contributed by atoms with Crippen molar-refractivity contribution in [1.29, 1.82) is 0 Å². The van der Waals surface area contributed by atoms with Gasteiger partial charge in [0.1, 0.15) is 22.6 Å². The highest BCUT2D eigenvalue weighted by molar-refractivity contribution is 6.06. The highest BCUT2D eigenvalue weighted by atomic mass is 16.5. The second-order valence-corrected chi connectivity index (χ2v) is 5.01. The number of ether oxygens (including phenoxy) is 2. The molecule has 0 spiro atoms. The second-order valence-electron chi connectivity index (χ2n) is 5.01. The molecule has 0 unspecified atom stereocenters. The Hall–Kier alpha value is -3.28. The van der Waals surface area contributed by atoms with Gasteiger partial charge in [-0.25, -0.2) is 4.79 Å². The molecule has 0 aliphatic heterocycles. The molecule has 3 rings (SSSR count). The molecule has 0 bridgehead atoms. The van der Waals surface area contributed by atoms with Crippen LogP contribution in [0.15, 0.2) is 57.7 Å². The van der Waals surface area contributed by atoms with Crippen molar-refractivity contribution in [3.8, 4) is 11.5 Å². The Bertz CT molecular complexity index is 961. The van der Waals surface area contributed by atoms with Crippen LogP contribution in [0, 0.1) is 0 Å². The number of benzene rings is 2. The number of para-hydroxylation sites is 2. The average molecular weight is 325 g/mol. The Morgan fingerprint density at radius 2 is 1.83 bits per heavy atom. The van der Waals surface area contributed by atoms with Gasteiger partial charge in [-0.05, 0) is 36.4 Å². The monoisotopic (exact) mass is 325 g/mol. The number of nitrogens with one attached hydrogen (secondary N) is 1. The predicted molar refractivity (Wildman–Crippen MR) is 90.0 cm³/mol. The lowest BCUT2D eigenvalue weighted by atomic mass is 10.1. The van der Waals surface area contributed by atoms with Gasteiger partial charge in [0.15, 0.2) is 0 Å². The summed E-state index contributed by atoms with van der Waals surface area (Å²) < 4.78 is 15.5. The number of hydrogen-bond donors (Lipinski definition) is 1. The number of rotatable bonds is 4. The van der Waals surface area contributed by atoms with E-state index in [1.165, 1.54) is 20.3 Å². The quantitative estimate of drug-likeness (QED) is 0.746. The Morgan fingerprint density at radius 1 is 1.04 bits per heavy atom. The number of fused-ring (bicyclic) bond motifs is 1. The molecule has 1 heterocycles. The lowest BCUT2D eigenvalue weighted by Crippen LogP contribution is -2.20. The van der Waals surface area contributed by atoms with Gasteiger partial charge < -0.3 is 19.2 Å². The van der Waals surface area contributed by atoms with E-state index < -0.39 is 11.5 Å². The second kappa shape index (κ2) is 6.45. The zero-order valence-electron chi connectivity index (χ0n) is 13.2. The van der Waals surface area contributed by atoms with E-state index in [1.807, 2.05) is 0 Å². The highest BCUT2D eigenvalue weighted by Gasteiger charge is 2.16. The zero-order chi connectivity index (χ0) is 17.1. The zero-order valence-corrected chi connectivity index (χ0v) is 13.2. The summed E-state index contributed by atoms with van der Waals surface area (Å²) in [4.78, 5) is 24.5. The fourth-order valence-corrected chi connectivity index (χ4v) is 2.32. The van der Waals surface area contributed by atoms with E-state index in [-0.39, 0.29) is 5.56 Å². The predicted octanol–water partition coefficient (Wildman–Crippen LogP) is 3.06. The molecule has 0 aliphatic carbocycles. The lowest BCUT2D eigenvalue weighted by molar-refractivity contribution is 0.102. The normalized spacial score (nSPS) is 10.4. The van der Waals surface area contributed by atoms with Gasteiger partial charge in [-0.2, -0.15) is 0 Å². The molecule has 0 atom stereocenters. The SMILES string of the molecule is COc1ccc2oc(=O)c(C(=O)Nc3ccccc3OC)cc2c1. The van der Waals surface area contributed by atoms with Crippen LogP contribution in [0.5, 0.6) is 11.5 Å². The van der Waals surface area contributed by atoms with Crippen molar-refractivity contribution in [3.63, 3.8) is 0 Å². The van der Waals surface area contributed by atoms with Crippen molar-refractivity contribution in [2.75, 3.05) is 19.5 Å². The minimum Gasteiger partial charge on any atom is -0.497 e. The molecule has 1 N–H and O–H groups in total. The van der Waals surface area contributed by atoms with Crippen molar-refractivity contribution < 1.29 is 18.7 Å². The minimum atomic E-state index is -0.708. The van der Waals surface area contributed by atoms with E-state index >= 15 is 0 Å². The summed E-state index contributed by atoms with van der Waals surface area (Å²) in [6.45, 7) is 0. The van der Waals surface area contributed by atoms with Crippen molar-refractivity contribution in [1.82, 2.24) is 0 Å². The molecule has 6 nitrogen and oxygen atoms in total. The van der Waals surface area contributed by atoms with E-state index in [0.717, 1.165) is 0 Å². The fourth-order valence-electron chi connectivity index (χ4n) is 2.32. The number of hydrogen-bond acceptors (Lipinski definition) is 5. The molecule has 0 aliphatic rings. The summed E-state index contributed by atoms with van der Waals surface area (Å²) in [5, 5.41) is 3.25. The van der Waals surface area contributed by atoms with Crippen molar-refractivity contribution in [2.24, 2.45) is 0 Å². The third-order valence-corrected chi connectivity index (χ3v) is 3.54. The maximum atomic E-state index is 12.4. The van der Waals surface area contributed by atoms with E-state index in [2.05, 4.69) is 5.32 Å². The van der Waals surface area contributed by atoms with Gasteiger partial charge >= 0.3 is 5.63 Å². The maximum absolute atomic E-state index is 12.4. The fraction of sp³-hybridized carbons (Fsp3) is 0.111. The summed E-state index contributed by atoms with van der Waals surface area (Å²) in [6, 6.07) is 13.4. The first kappa shape index (κ1) is 15.6. The van der Waals surface area contributed by atoms with Crippen LogP contribution in [0.3, 0.4) is 0 Å². The molecule has 0 radical (unpaired) electrons. The Labute approximate surface area is 137 Å². The number of carbonyl (C=O) groups excluding carboxylic acids is 1. The summed E-state index contributed by atoms with van der Waals surface area (Å²) >= 11 is 0. The van der Waals surface area contributed by atoms with E-state index in [0.29, 0.717) is 28.2 Å². The molecule has 0 saturated carbocycles. The number of carbonyl (C=O) groups is 1. The smallest absolute Gasteiger partial charge is 0.349 e. The van der Waals surface area contributed by atoms with Gasteiger partial charge in [0, 0.05) is 5.39 Å². The van der Waals surface area contributed by atoms with Crippen LogP contribution in [-0.4, -0.2) is 20.1 Å². The molecular formula is C18H15NO5. The van der Waals surface area contributed by atoms with Gasteiger partial charge in [0.25, 0.3) is 5.91 Å². The van der Waals surface area contributed by atoms with Gasteiger partial charge in [-0.1, -0.05) is 12.1 Å². The van der Waals surface area contributed by atoms with E-state index in [9.17, 15) is 9.59 Å². The summed E-state index contributed by atoms with van der Waals surface area (Å²) in [6.07, 6.45) is 0. The van der Waals surface area contributed by atoms with Crippen LogP contribution < -0.4 is 20.4 Å². The first-order chi connectivity index (χ1) is 11.6. The van der Waals surface area contributed by atoms with Gasteiger partial charge in [-0.3, -0.25) is 4.79 Å². The summed E-state index contributed by atoms with van der Waals surface area (Å²) in [5.41, 5.74) is 0.0477. The van der Waals surface area contributed by atoms with Crippen LogP contribution in [0.25, 0.3) is 11.0 Å².